The fourth-order valence-corrected chi connectivity index (χ4v) is 4.39. The molecule has 6 nitrogen and oxygen atoms in total. The van der Waals surface area contributed by atoms with Gasteiger partial charge in [0.15, 0.2) is 5.16 Å². The van der Waals surface area contributed by atoms with E-state index in [2.05, 4.69) is 15.3 Å². The molecule has 0 spiro atoms. The Morgan fingerprint density at radius 3 is 2.58 bits per heavy atom. The molecule has 1 atom stereocenters. The van der Waals surface area contributed by atoms with Crippen LogP contribution in [0.5, 0.6) is 5.75 Å². The molecule has 1 aliphatic heterocycles. The Balaban J connectivity index is 1.58. The summed E-state index contributed by atoms with van der Waals surface area (Å²) in [6.45, 7) is 2.70. The number of nitrogens with zero attached hydrogens (tertiary/aromatic N) is 1. The first-order chi connectivity index (χ1) is 15.0. The van der Waals surface area contributed by atoms with Gasteiger partial charge in [0.2, 0.25) is 5.91 Å². The molecule has 3 aromatic rings. The first kappa shape index (κ1) is 21.5. The number of aromatic nitrogens is 2. The van der Waals surface area contributed by atoms with E-state index >= 15 is 0 Å². The van der Waals surface area contributed by atoms with E-state index in [1.807, 2.05) is 55.5 Å². The predicted molar refractivity (Wildman–Crippen MR) is 123 cm³/mol. The monoisotopic (exact) mass is 455 g/mol. The zero-order chi connectivity index (χ0) is 21.8. The molecule has 31 heavy (non-hydrogen) atoms. The number of H-pyrrole nitrogens is 1. The molecule has 2 heterocycles. The molecule has 2 aromatic carbocycles. The number of hydrogen-bond donors (Lipinski definition) is 2. The number of anilines is 1. The largest absolute Gasteiger partial charge is 0.494 e. The molecule has 1 aromatic heterocycles. The second-order valence-electron chi connectivity index (χ2n) is 7.27. The van der Waals surface area contributed by atoms with Crippen LogP contribution in [0, 0.1) is 0 Å². The van der Waals surface area contributed by atoms with Crippen molar-refractivity contribution in [3.05, 3.63) is 80.6 Å². The third-order valence-corrected chi connectivity index (χ3v) is 6.17. The molecule has 1 unspecified atom stereocenters. The second kappa shape index (κ2) is 9.58. The Labute approximate surface area is 189 Å². The van der Waals surface area contributed by atoms with Gasteiger partial charge < -0.3 is 15.0 Å². The predicted octanol–water partition coefficient (Wildman–Crippen LogP) is 4.98. The van der Waals surface area contributed by atoms with Crippen molar-refractivity contribution in [2.75, 3.05) is 11.9 Å². The fourth-order valence-electron chi connectivity index (χ4n) is 3.45. The minimum absolute atomic E-state index is 0.157. The van der Waals surface area contributed by atoms with Crippen LogP contribution in [0.25, 0.3) is 0 Å². The summed E-state index contributed by atoms with van der Waals surface area (Å²) in [5, 5.41) is 3.90. The van der Waals surface area contributed by atoms with Crippen LogP contribution in [-0.2, 0) is 10.5 Å². The number of aromatic amines is 1. The maximum atomic E-state index is 12.9. The summed E-state index contributed by atoms with van der Waals surface area (Å²) in [4.78, 5) is 32.7. The number of fused-ring (bicyclic) bond motifs is 1. The van der Waals surface area contributed by atoms with Gasteiger partial charge in [-0.3, -0.25) is 9.59 Å². The van der Waals surface area contributed by atoms with Crippen molar-refractivity contribution < 1.29 is 9.53 Å². The molecule has 1 amide bonds. The van der Waals surface area contributed by atoms with Gasteiger partial charge >= 0.3 is 0 Å². The summed E-state index contributed by atoms with van der Waals surface area (Å²) >= 11 is 7.32. The minimum Gasteiger partial charge on any atom is -0.494 e. The molecule has 4 rings (SSSR count). The smallest absolute Gasteiger partial charge is 0.257 e. The van der Waals surface area contributed by atoms with Crippen molar-refractivity contribution in [2.24, 2.45) is 0 Å². The lowest BCUT2D eigenvalue weighted by Gasteiger charge is -2.24. The average molecular weight is 456 g/mol. The van der Waals surface area contributed by atoms with Crippen LogP contribution in [0.1, 0.15) is 42.4 Å². The fraction of sp³-hybridized carbons (Fsp3) is 0.261. The van der Waals surface area contributed by atoms with Crippen molar-refractivity contribution in [1.82, 2.24) is 9.97 Å². The Bertz CT molecular complexity index is 1130. The number of carbonyl (C=O) groups is 1. The van der Waals surface area contributed by atoms with E-state index in [0.29, 0.717) is 33.9 Å². The van der Waals surface area contributed by atoms with Gasteiger partial charge in [0, 0.05) is 23.1 Å². The van der Waals surface area contributed by atoms with E-state index in [9.17, 15) is 9.59 Å². The lowest BCUT2D eigenvalue weighted by molar-refractivity contribution is -0.116. The molecule has 8 heteroatoms. The average Bonchev–Trinajstić information content (AvgIpc) is 2.77. The molecule has 0 saturated heterocycles. The Morgan fingerprint density at radius 1 is 1.13 bits per heavy atom. The van der Waals surface area contributed by atoms with Gasteiger partial charge in [-0.25, -0.2) is 4.98 Å². The normalized spacial score (nSPS) is 15.3. The number of rotatable bonds is 7. The van der Waals surface area contributed by atoms with Crippen LogP contribution in [0.3, 0.4) is 0 Å². The molecule has 0 saturated carbocycles. The van der Waals surface area contributed by atoms with E-state index in [4.69, 9.17) is 16.3 Å². The van der Waals surface area contributed by atoms with Crippen molar-refractivity contribution in [1.29, 1.82) is 0 Å². The lowest BCUT2D eigenvalue weighted by atomic mass is 9.87. The Hall–Kier alpha value is -2.77. The van der Waals surface area contributed by atoms with Gasteiger partial charge in [-0.15, -0.1) is 0 Å². The van der Waals surface area contributed by atoms with Crippen LogP contribution < -0.4 is 15.6 Å². The number of ether oxygens (including phenoxy) is 1. The molecule has 0 radical (unpaired) electrons. The third kappa shape index (κ3) is 5.11. The Kier molecular flexibility index (Phi) is 6.63. The van der Waals surface area contributed by atoms with Gasteiger partial charge in [0.05, 0.1) is 12.2 Å². The summed E-state index contributed by atoms with van der Waals surface area (Å²) in [7, 11) is 0. The molecule has 0 aliphatic carbocycles. The molecule has 0 fully saturated rings. The van der Waals surface area contributed by atoms with E-state index < -0.39 is 0 Å². The third-order valence-electron chi connectivity index (χ3n) is 4.97. The van der Waals surface area contributed by atoms with Gasteiger partial charge in [-0.1, -0.05) is 54.6 Å². The van der Waals surface area contributed by atoms with Crippen molar-refractivity contribution in [3.8, 4) is 5.75 Å². The van der Waals surface area contributed by atoms with Gasteiger partial charge in [-0.2, -0.15) is 0 Å². The number of thioether (sulfide) groups is 1. The maximum Gasteiger partial charge on any atom is 0.257 e. The highest BCUT2D eigenvalue weighted by Gasteiger charge is 2.31. The van der Waals surface area contributed by atoms with E-state index in [-0.39, 0.29) is 23.8 Å². The molecule has 1 aliphatic rings. The topological polar surface area (TPSA) is 84.1 Å². The number of carbonyl (C=O) groups excluding carboxylic acids is 1. The van der Waals surface area contributed by atoms with E-state index in [1.165, 1.54) is 11.8 Å². The van der Waals surface area contributed by atoms with Gasteiger partial charge in [-0.05, 0) is 41.8 Å². The summed E-state index contributed by atoms with van der Waals surface area (Å²) < 4.78 is 5.63. The standard InChI is InChI=1S/C23H22ClN3O3S/c1-2-11-30-17-9-5-15(6-10-17)18-12-19(28)25-21-20(18)22(29)27-23(26-21)31-13-14-3-7-16(24)8-4-14/h3-10,18H,2,11-13H2,1H3,(H2,25,26,27,28,29). The Morgan fingerprint density at radius 2 is 1.87 bits per heavy atom. The zero-order valence-electron chi connectivity index (χ0n) is 17.0. The van der Waals surface area contributed by atoms with Crippen molar-refractivity contribution >= 4 is 35.1 Å². The van der Waals surface area contributed by atoms with E-state index in [0.717, 1.165) is 23.3 Å². The first-order valence-electron chi connectivity index (χ1n) is 10.1. The minimum atomic E-state index is -0.351. The highest BCUT2D eigenvalue weighted by atomic mass is 35.5. The number of nitrogens with one attached hydrogen (secondary N) is 2. The molecular formula is C23H22ClN3O3S. The summed E-state index contributed by atoms with van der Waals surface area (Å²) in [6.07, 6.45) is 1.13. The van der Waals surface area contributed by atoms with Crippen LogP contribution in [0.15, 0.2) is 58.5 Å². The quantitative estimate of drug-likeness (QED) is 0.387. The van der Waals surface area contributed by atoms with Crippen molar-refractivity contribution in [3.63, 3.8) is 0 Å². The highest BCUT2D eigenvalue weighted by molar-refractivity contribution is 7.98. The molecule has 2 N–H and O–H groups in total. The SMILES string of the molecule is CCCOc1ccc(C2CC(=O)Nc3nc(SCc4ccc(Cl)cc4)[nH]c(=O)c32)cc1. The number of hydrogen-bond acceptors (Lipinski definition) is 5. The number of benzene rings is 2. The highest BCUT2D eigenvalue weighted by Crippen LogP contribution is 2.35. The summed E-state index contributed by atoms with van der Waals surface area (Å²) in [5.74, 6) is 1.21. The first-order valence-corrected chi connectivity index (χ1v) is 11.4. The van der Waals surface area contributed by atoms with E-state index in [1.54, 1.807) is 0 Å². The summed E-state index contributed by atoms with van der Waals surface area (Å²) in [6, 6.07) is 15.1. The number of halogens is 1. The van der Waals surface area contributed by atoms with Crippen LogP contribution in [0.2, 0.25) is 5.02 Å². The van der Waals surface area contributed by atoms with Crippen LogP contribution in [-0.4, -0.2) is 22.5 Å². The van der Waals surface area contributed by atoms with Gasteiger partial charge in [0.1, 0.15) is 11.6 Å². The maximum absolute atomic E-state index is 12.9. The van der Waals surface area contributed by atoms with Crippen LogP contribution >= 0.6 is 23.4 Å². The molecular weight excluding hydrogens is 434 g/mol. The summed E-state index contributed by atoms with van der Waals surface area (Å²) in [5.41, 5.74) is 2.19. The number of amides is 1. The molecule has 0 bridgehead atoms. The second-order valence-corrected chi connectivity index (χ2v) is 8.67. The lowest BCUT2D eigenvalue weighted by Crippen LogP contribution is -2.31. The van der Waals surface area contributed by atoms with Crippen LogP contribution in [0.4, 0.5) is 5.82 Å². The van der Waals surface area contributed by atoms with Crippen molar-refractivity contribution in [2.45, 2.75) is 36.6 Å². The van der Waals surface area contributed by atoms with Gasteiger partial charge in [0.25, 0.3) is 5.56 Å². The molecule has 160 valence electrons. The zero-order valence-corrected chi connectivity index (χ0v) is 18.6.